The number of carbonyl (C=O) groups excluding carboxylic acids is 2. The molecule has 1 N–H and O–H groups in total. The molecule has 134 valence electrons. The molecule has 0 atom stereocenters. The van der Waals surface area contributed by atoms with E-state index in [0.29, 0.717) is 11.3 Å². The minimum atomic E-state index is -0.279. The number of imide groups is 1. The number of hydrogen-bond donors (Lipinski definition) is 1. The minimum Gasteiger partial charge on any atom is -0.350 e. The summed E-state index contributed by atoms with van der Waals surface area (Å²) in [5, 5.41) is 3.18. The maximum absolute atomic E-state index is 13.0. The van der Waals surface area contributed by atoms with Gasteiger partial charge in [-0.2, -0.15) is 0 Å². The Hall–Kier alpha value is -2.88. The molecule has 0 unspecified atom stereocenters. The standard InChI is InChI=1S/C22H24N2O2/c1-13(2)24-21(25)19(17-9-8-15(4)16(5)12-17)20(22(24)26)23-18-10-6-14(3)7-11-18/h6-13,23H,1-5H3. The van der Waals surface area contributed by atoms with Crippen molar-refractivity contribution in [3.8, 4) is 0 Å². The van der Waals surface area contributed by atoms with E-state index < -0.39 is 0 Å². The summed E-state index contributed by atoms with van der Waals surface area (Å²) in [6.07, 6.45) is 0. The molecule has 1 heterocycles. The molecule has 2 aromatic rings. The topological polar surface area (TPSA) is 49.4 Å². The molecule has 0 saturated carbocycles. The van der Waals surface area contributed by atoms with Crippen molar-refractivity contribution < 1.29 is 9.59 Å². The van der Waals surface area contributed by atoms with Gasteiger partial charge in [-0.1, -0.05) is 35.9 Å². The van der Waals surface area contributed by atoms with Gasteiger partial charge in [0, 0.05) is 11.7 Å². The average molecular weight is 348 g/mol. The van der Waals surface area contributed by atoms with Crippen molar-refractivity contribution in [1.29, 1.82) is 0 Å². The van der Waals surface area contributed by atoms with Crippen molar-refractivity contribution in [1.82, 2.24) is 4.90 Å². The molecule has 0 aliphatic carbocycles. The third kappa shape index (κ3) is 3.15. The lowest BCUT2D eigenvalue weighted by Crippen LogP contribution is -2.38. The van der Waals surface area contributed by atoms with E-state index in [0.717, 1.165) is 27.9 Å². The maximum Gasteiger partial charge on any atom is 0.278 e. The number of anilines is 1. The van der Waals surface area contributed by atoms with E-state index in [2.05, 4.69) is 5.32 Å². The van der Waals surface area contributed by atoms with E-state index in [1.165, 1.54) is 4.90 Å². The van der Waals surface area contributed by atoms with E-state index in [-0.39, 0.29) is 17.9 Å². The van der Waals surface area contributed by atoms with Gasteiger partial charge in [0.1, 0.15) is 5.70 Å². The number of carbonyl (C=O) groups is 2. The van der Waals surface area contributed by atoms with E-state index in [1.54, 1.807) is 0 Å². The van der Waals surface area contributed by atoms with Crippen LogP contribution in [0, 0.1) is 20.8 Å². The van der Waals surface area contributed by atoms with Crippen LogP contribution in [-0.2, 0) is 9.59 Å². The van der Waals surface area contributed by atoms with Crippen LogP contribution in [-0.4, -0.2) is 22.8 Å². The Morgan fingerprint density at radius 2 is 1.50 bits per heavy atom. The van der Waals surface area contributed by atoms with Gasteiger partial charge in [-0.25, -0.2) is 0 Å². The van der Waals surface area contributed by atoms with Crippen LogP contribution in [0.3, 0.4) is 0 Å². The molecule has 0 bridgehead atoms. The number of rotatable bonds is 4. The Kier molecular flexibility index (Phi) is 4.68. The SMILES string of the molecule is Cc1ccc(NC2=C(c3ccc(C)c(C)c3)C(=O)N(C(C)C)C2=O)cc1. The van der Waals surface area contributed by atoms with Crippen molar-refractivity contribution in [2.75, 3.05) is 5.32 Å². The highest BCUT2D eigenvalue weighted by Crippen LogP contribution is 2.32. The van der Waals surface area contributed by atoms with Crippen molar-refractivity contribution in [3.05, 3.63) is 70.4 Å². The van der Waals surface area contributed by atoms with Crippen LogP contribution in [0.1, 0.15) is 36.1 Å². The summed E-state index contributed by atoms with van der Waals surface area (Å²) >= 11 is 0. The zero-order chi connectivity index (χ0) is 19.0. The Labute approximate surface area is 154 Å². The summed E-state index contributed by atoms with van der Waals surface area (Å²) < 4.78 is 0. The van der Waals surface area contributed by atoms with E-state index in [9.17, 15) is 9.59 Å². The number of nitrogens with one attached hydrogen (secondary N) is 1. The highest BCUT2D eigenvalue weighted by atomic mass is 16.2. The molecule has 2 amide bonds. The Morgan fingerprint density at radius 3 is 2.08 bits per heavy atom. The highest BCUT2D eigenvalue weighted by molar-refractivity contribution is 6.36. The van der Waals surface area contributed by atoms with Gasteiger partial charge < -0.3 is 5.32 Å². The zero-order valence-electron chi connectivity index (χ0n) is 15.9. The summed E-state index contributed by atoms with van der Waals surface area (Å²) in [4.78, 5) is 27.3. The lowest BCUT2D eigenvalue weighted by atomic mass is 9.99. The second kappa shape index (κ2) is 6.79. The van der Waals surface area contributed by atoms with Crippen molar-refractivity contribution in [2.24, 2.45) is 0 Å². The van der Waals surface area contributed by atoms with Crippen LogP contribution in [0.4, 0.5) is 5.69 Å². The van der Waals surface area contributed by atoms with Gasteiger partial charge >= 0.3 is 0 Å². The molecule has 1 aliphatic heterocycles. The first-order valence-electron chi connectivity index (χ1n) is 8.83. The quantitative estimate of drug-likeness (QED) is 0.842. The lowest BCUT2D eigenvalue weighted by Gasteiger charge is -2.19. The fourth-order valence-corrected chi connectivity index (χ4v) is 3.08. The maximum atomic E-state index is 13.0. The highest BCUT2D eigenvalue weighted by Gasteiger charge is 2.40. The fraction of sp³-hybridized carbons (Fsp3) is 0.273. The summed E-state index contributed by atoms with van der Waals surface area (Å²) in [6, 6.07) is 13.4. The zero-order valence-corrected chi connectivity index (χ0v) is 15.9. The van der Waals surface area contributed by atoms with Crippen LogP contribution in [0.5, 0.6) is 0 Å². The number of hydrogen-bond acceptors (Lipinski definition) is 3. The van der Waals surface area contributed by atoms with Crippen LogP contribution >= 0.6 is 0 Å². The second-order valence-electron chi connectivity index (χ2n) is 7.11. The minimum absolute atomic E-state index is 0.200. The van der Waals surface area contributed by atoms with Crippen LogP contribution < -0.4 is 5.32 Å². The lowest BCUT2D eigenvalue weighted by molar-refractivity contribution is -0.138. The number of amides is 2. The smallest absolute Gasteiger partial charge is 0.278 e. The fourth-order valence-electron chi connectivity index (χ4n) is 3.08. The molecule has 4 nitrogen and oxygen atoms in total. The first-order valence-corrected chi connectivity index (χ1v) is 8.83. The normalized spacial score (nSPS) is 14.6. The van der Waals surface area contributed by atoms with Gasteiger partial charge in [0.25, 0.3) is 11.8 Å². The number of nitrogens with zero attached hydrogens (tertiary/aromatic N) is 1. The average Bonchev–Trinajstić information content (AvgIpc) is 2.83. The summed E-state index contributed by atoms with van der Waals surface area (Å²) in [6.45, 7) is 9.74. The van der Waals surface area contributed by atoms with Gasteiger partial charge in [-0.3, -0.25) is 14.5 Å². The predicted octanol–water partition coefficient (Wildman–Crippen LogP) is 4.21. The van der Waals surface area contributed by atoms with Gasteiger partial charge in [0.15, 0.2) is 0 Å². The molecule has 0 saturated heterocycles. The first kappa shape index (κ1) is 17.9. The monoisotopic (exact) mass is 348 g/mol. The molecule has 0 fully saturated rings. The van der Waals surface area contributed by atoms with Crippen LogP contribution in [0.25, 0.3) is 5.57 Å². The summed E-state index contributed by atoms with van der Waals surface area (Å²) in [5.41, 5.74) is 5.72. The largest absolute Gasteiger partial charge is 0.350 e. The molecule has 0 radical (unpaired) electrons. The molecule has 3 rings (SSSR count). The third-order valence-corrected chi connectivity index (χ3v) is 4.75. The number of benzene rings is 2. The summed E-state index contributed by atoms with van der Waals surface area (Å²) in [5.74, 6) is -0.526. The van der Waals surface area contributed by atoms with Gasteiger partial charge in [-0.05, 0) is 63.4 Å². The third-order valence-electron chi connectivity index (χ3n) is 4.75. The number of aryl methyl sites for hydroxylation is 3. The molecule has 4 heteroatoms. The molecular formula is C22H24N2O2. The Morgan fingerprint density at radius 1 is 0.846 bits per heavy atom. The van der Waals surface area contributed by atoms with E-state index in [4.69, 9.17) is 0 Å². The Bertz CT molecular complexity index is 908. The van der Waals surface area contributed by atoms with E-state index >= 15 is 0 Å². The van der Waals surface area contributed by atoms with Gasteiger partial charge in [0.2, 0.25) is 0 Å². The molecule has 2 aromatic carbocycles. The van der Waals surface area contributed by atoms with Crippen molar-refractivity contribution in [3.63, 3.8) is 0 Å². The Balaban J connectivity index is 2.12. The molecule has 0 aromatic heterocycles. The van der Waals surface area contributed by atoms with Gasteiger partial charge in [-0.15, -0.1) is 0 Å². The molecule has 0 spiro atoms. The van der Waals surface area contributed by atoms with Crippen LogP contribution in [0.2, 0.25) is 0 Å². The molecular weight excluding hydrogens is 324 g/mol. The molecule has 26 heavy (non-hydrogen) atoms. The van der Waals surface area contributed by atoms with E-state index in [1.807, 2.05) is 77.1 Å². The van der Waals surface area contributed by atoms with Crippen LogP contribution in [0.15, 0.2) is 48.2 Å². The van der Waals surface area contributed by atoms with Crippen molar-refractivity contribution >= 4 is 23.1 Å². The second-order valence-corrected chi connectivity index (χ2v) is 7.11. The first-order chi connectivity index (χ1) is 12.3. The van der Waals surface area contributed by atoms with Gasteiger partial charge in [0.05, 0.1) is 5.57 Å². The predicted molar refractivity (Wildman–Crippen MR) is 105 cm³/mol. The van der Waals surface area contributed by atoms with Crippen molar-refractivity contribution in [2.45, 2.75) is 40.7 Å². The molecule has 1 aliphatic rings. The summed E-state index contributed by atoms with van der Waals surface area (Å²) in [7, 11) is 0.